The van der Waals surface area contributed by atoms with E-state index in [2.05, 4.69) is 25.9 Å². The van der Waals surface area contributed by atoms with Crippen LogP contribution < -0.4 is 4.90 Å². The first-order chi connectivity index (χ1) is 13.0. The van der Waals surface area contributed by atoms with Crippen molar-refractivity contribution in [2.24, 2.45) is 0 Å². The maximum Gasteiger partial charge on any atom is 0.340 e. The van der Waals surface area contributed by atoms with Crippen LogP contribution in [0.4, 0.5) is 5.95 Å². The topological polar surface area (TPSA) is 75.6 Å². The van der Waals surface area contributed by atoms with E-state index in [0.717, 1.165) is 0 Å². The van der Waals surface area contributed by atoms with Crippen LogP contribution in [0.1, 0.15) is 17.3 Å². The van der Waals surface area contributed by atoms with Crippen LogP contribution in [0.5, 0.6) is 0 Å². The van der Waals surface area contributed by atoms with Gasteiger partial charge in [-0.15, -0.1) is 0 Å². The van der Waals surface area contributed by atoms with E-state index in [0.29, 0.717) is 36.6 Å². The lowest BCUT2D eigenvalue weighted by atomic mass is 10.2. The maximum atomic E-state index is 12.6. The van der Waals surface area contributed by atoms with Crippen molar-refractivity contribution in [3.8, 4) is 0 Å². The molecule has 0 bridgehead atoms. The van der Waals surface area contributed by atoms with Crippen LogP contribution in [0.2, 0.25) is 5.02 Å². The van der Waals surface area contributed by atoms with E-state index in [1.54, 1.807) is 48.5 Å². The predicted octanol–water partition coefficient (Wildman–Crippen LogP) is 2.79. The van der Waals surface area contributed by atoms with Crippen molar-refractivity contribution in [2.75, 3.05) is 31.1 Å². The van der Waals surface area contributed by atoms with E-state index < -0.39 is 12.1 Å². The Morgan fingerprint density at radius 3 is 2.52 bits per heavy atom. The minimum atomic E-state index is -0.896. The highest BCUT2D eigenvalue weighted by Crippen LogP contribution is 2.22. The van der Waals surface area contributed by atoms with Gasteiger partial charge in [-0.3, -0.25) is 4.79 Å². The molecule has 0 aliphatic carbocycles. The molecule has 1 atom stereocenters. The maximum absolute atomic E-state index is 12.6. The Hall–Kier alpha value is -2.19. The first kappa shape index (κ1) is 19.6. The molecule has 0 N–H and O–H groups in total. The lowest BCUT2D eigenvalue weighted by Crippen LogP contribution is -2.52. The van der Waals surface area contributed by atoms with Crippen LogP contribution >= 0.6 is 27.5 Å². The second-order valence-corrected chi connectivity index (χ2v) is 7.36. The summed E-state index contributed by atoms with van der Waals surface area (Å²) in [6.45, 7) is 3.83. The van der Waals surface area contributed by atoms with Gasteiger partial charge < -0.3 is 14.5 Å². The van der Waals surface area contributed by atoms with Gasteiger partial charge in [0.25, 0.3) is 5.91 Å². The smallest absolute Gasteiger partial charge is 0.340 e. The second kappa shape index (κ2) is 8.67. The number of amides is 1. The van der Waals surface area contributed by atoms with E-state index in [1.165, 1.54) is 0 Å². The van der Waals surface area contributed by atoms with Crippen molar-refractivity contribution < 1.29 is 14.3 Å². The summed E-state index contributed by atoms with van der Waals surface area (Å²) in [5, 5.41) is 0.277. The number of hydrogen-bond donors (Lipinski definition) is 0. The molecule has 2 aromatic rings. The van der Waals surface area contributed by atoms with Gasteiger partial charge >= 0.3 is 5.97 Å². The molecule has 1 aliphatic heterocycles. The van der Waals surface area contributed by atoms with Crippen LogP contribution in [0, 0.1) is 0 Å². The number of anilines is 1. The Kier molecular flexibility index (Phi) is 6.28. The Balaban J connectivity index is 1.56. The normalized spacial score (nSPS) is 15.4. The first-order valence-corrected chi connectivity index (χ1v) is 9.59. The largest absolute Gasteiger partial charge is 0.449 e. The summed E-state index contributed by atoms with van der Waals surface area (Å²) in [7, 11) is 0. The molecule has 2 heterocycles. The molecule has 3 rings (SSSR count). The van der Waals surface area contributed by atoms with Crippen molar-refractivity contribution in [2.45, 2.75) is 13.0 Å². The summed E-state index contributed by atoms with van der Waals surface area (Å²) < 4.78 is 6.03. The van der Waals surface area contributed by atoms with Crippen molar-refractivity contribution in [3.63, 3.8) is 0 Å². The molecule has 7 nitrogen and oxygen atoms in total. The molecule has 9 heteroatoms. The summed E-state index contributed by atoms with van der Waals surface area (Å²) >= 11 is 9.33. The van der Waals surface area contributed by atoms with Crippen LogP contribution in [-0.2, 0) is 9.53 Å². The molecule has 1 saturated heterocycles. The van der Waals surface area contributed by atoms with Gasteiger partial charge in [0.2, 0.25) is 5.95 Å². The van der Waals surface area contributed by atoms with Gasteiger partial charge in [0.1, 0.15) is 0 Å². The quantitative estimate of drug-likeness (QED) is 0.663. The molecule has 1 fully saturated rings. The highest BCUT2D eigenvalue weighted by Gasteiger charge is 2.28. The number of halogens is 2. The van der Waals surface area contributed by atoms with E-state index in [4.69, 9.17) is 16.3 Å². The average molecular weight is 454 g/mol. The minimum Gasteiger partial charge on any atom is -0.449 e. The molecule has 27 heavy (non-hydrogen) atoms. The first-order valence-electron chi connectivity index (χ1n) is 8.42. The minimum absolute atomic E-state index is 0.219. The van der Waals surface area contributed by atoms with Crippen LogP contribution in [0.25, 0.3) is 0 Å². The van der Waals surface area contributed by atoms with Gasteiger partial charge in [0, 0.05) is 43.0 Å². The third-order valence-corrected chi connectivity index (χ3v) is 5.03. The Bertz CT molecular complexity index is 829. The highest BCUT2D eigenvalue weighted by molar-refractivity contribution is 9.10. The number of aromatic nitrogens is 2. The lowest BCUT2D eigenvalue weighted by Gasteiger charge is -2.35. The predicted molar refractivity (Wildman–Crippen MR) is 105 cm³/mol. The van der Waals surface area contributed by atoms with Crippen LogP contribution in [-0.4, -0.2) is 59.0 Å². The molecule has 0 spiro atoms. The van der Waals surface area contributed by atoms with Crippen LogP contribution in [0.15, 0.2) is 41.1 Å². The molecule has 1 amide bonds. The number of ether oxygens (including phenoxy) is 1. The Morgan fingerprint density at radius 2 is 1.85 bits per heavy atom. The Labute approximate surface area is 170 Å². The van der Waals surface area contributed by atoms with Crippen molar-refractivity contribution in [3.05, 3.63) is 51.7 Å². The lowest BCUT2D eigenvalue weighted by molar-refractivity contribution is -0.140. The summed E-state index contributed by atoms with van der Waals surface area (Å²) in [5.74, 6) is -0.213. The number of benzene rings is 1. The zero-order valence-electron chi connectivity index (χ0n) is 14.6. The number of carbonyl (C=O) groups is 2. The second-order valence-electron chi connectivity index (χ2n) is 6.03. The van der Waals surface area contributed by atoms with Crippen molar-refractivity contribution in [1.82, 2.24) is 14.9 Å². The molecule has 1 aromatic carbocycles. The number of rotatable bonds is 4. The van der Waals surface area contributed by atoms with E-state index in [1.807, 2.05) is 4.90 Å². The Morgan fingerprint density at radius 1 is 1.19 bits per heavy atom. The molecular formula is C18H18BrClN4O3. The summed E-state index contributed by atoms with van der Waals surface area (Å²) in [6.07, 6.45) is 2.48. The fraction of sp³-hybridized carbons (Fsp3) is 0.333. The standard InChI is InChI=1S/C18H18BrClN4O3/c1-12(27-17(26)14-11-13(19)3-4-15(14)20)16(25)23-7-9-24(10-8-23)18-21-5-2-6-22-18/h2-6,11-12H,7-10H2,1H3. The monoisotopic (exact) mass is 452 g/mol. The van der Waals surface area contributed by atoms with E-state index in [9.17, 15) is 9.59 Å². The zero-order chi connectivity index (χ0) is 19.4. The zero-order valence-corrected chi connectivity index (χ0v) is 17.0. The number of hydrogen-bond acceptors (Lipinski definition) is 6. The fourth-order valence-electron chi connectivity index (χ4n) is 2.77. The molecule has 1 unspecified atom stereocenters. The van der Waals surface area contributed by atoms with Gasteiger partial charge in [0.05, 0.1) is 10.6 Å². The van der Waals surface area contributed by atoms with Gasteiger partial charge in [0.15, 0.2) is 6.10 Å². The number of nitrogens with zero attached hydrogens (tertiary/aromatic N) is 4. The van der Waals surface area contributed by atoms with Gasteiger partial charge in [-0.25, -0.2) is 14.8 Å². The molecule has 1 aliphatic rings. The van der Waals surface area contributed by atoms with Gasteiger partial charge in [-0.05, 0) is 31.2 Å². The average Bonchev–Trinajstić information content (AvgIpc) is 2.70. The van der Waals surface area contributed by atoms with Gasteiger partial charge in [-0.2, -0.15) is 0 Å². The van der Waals surface area contributed by atoms with Crippen LogP contribution in [0.3, 0.4) is 0 Å². The third-order valence-electron chi connectivity index (χ3n) is 4.21. The SMILES string of the molecule is CC(OC(=O)c1cc(Br)ccc1Cl)C(=O)N1CCN(c2ncccn2)CC1. The molecule has 0 saturated carbocycles. The van der Waals surface area contributed by atoms with E-state index in [-0.39, 0.29) is 16.5 Å². The molecular weight excluding hydrogens is 436 g/mol. The molecule has 0 radical (unpaired) electrons. The van der Waals surface area contributed by atoms with Crippen molar-refractivity contribution in [1.29, 1.82) is 0 Å². The van der Waals surface area contributed by atoms with E-state index >= 15 is 0 Å². The molecule has 142 valence electrons. The third kappa shape index (κ3) is 4.75. The summed E-state index contributed by atoms with van der Waals surface area (Å²) in [6, 6.07) is 6.65. The fourth-order valence-corrected chi connectivity index (χ4v) is 3.32. The van der Waals surface area contributed by atoms with Crippen molar-refractivity contribution >= 4 is 45.4 Å². The summed E-state index contributed by atoms with van der Waals surface area (Å²) in [4.78, 5) is 37.1. The molecule has 1 aromatic heterocycles. The number of esters is 1. The summed E-state index contributed by atoms with van der Waals surface area (Å²) in [5.41, 5.74) is 0.219. The number of carbonyl (C=O) groups excluding carboxylic acids is 2. The van der Waals surface area contributed by atoms with Gasteiger partial charge in [-0.1, -0.05) is 27.5 Å². The highest BCUT2D eigenvalue weighted by atomic mass is 79.9. The number of piperazine rings is 1.